The molecule has 2 aromatic rings. The number of fused-ring (bicyclic) bond motifs is 3. The van der Waals surface area contributed by atoms with Crippen LogP contribution in [0.15, 0.2) is 42.5 Å². The van der Waals surface area contributed by atoms with E-state index in [0.717, 1.165) is 24.9 Å². The lowest BCUT2D eigenvalue weighted by atomic mass is 10.0. The molecule has 0 saturated carbocycles. The van der Waals surface area contributed by atoms with Crippen molar-refractivity contribution < 1.29 is 19.4 Å². The zero-order valence-electron chi connectivity index (χ0n) is 16.0. The average Bonchev–Trinajstić information content (AvgIpc) is 3.08. The van der Waals surface area contributed by atoms with Crippen LogP contribution in [0.3, 0.4) is 0 Å². The van der Waals surface area contributed by atoms with Crippen LogP contribution >= 0.6 is 0 Å². The van der Waals surface area contributed by atoms with Gasteiger partial charge < -0.3 is 20.5 Å². The number of nitrogens with one attached hydrogen (secondary N) is 2. The van der Waals surface area contributed by atoms with E-state index in [1.165, 1.54) is 22.3 Å². The number of carboxylic acids is 1. The molecule has 1 amide bonds. The van der Waals surface area contributed by atoms with Crippen LogP contribution in [0.4, 0.5) is 4.79 Å². The van der Waals surface area contributed by atoms with Gasteiger partial charge in [0, 0.05) is 0 Å². The number of hydrogen-bond acceptors (Lipinski definition) is 4. The first-order valence-corrected chi connectivity index (χ1v) is 9.60. The standard InChI is InChI=1S/C22H26N2O4/c1-23-12-5-4-11-20(21(25)26)24-22(27)28-14-16-8-6-10-18-17-9-3-2-7-15(17)13-19(16)18/h2-3,6-10,20,23H,4-5,11-14H2,1H3,(H,24,27)(H,25,26)/t20-/m0/s1. The van der Waals surface area contributed by atoms with Gasteiger partial charge >= 0.3 is 12.1 Å². The second-order valence-corrected chi connectivity index (χ2v) is 6.99. The molecule has 0 radical (unpaired) electrons. The molecule has 0 bridgehead atoms. The van der Waals surface area contributed by atoms with Crippen LogP contribution in [-0.2, 0) is 22.6 Å². The van der Waals surface area contributed by atoms with Crippen molar-refractivity contribution in [1.82, 2.24) is 10.6 Å². The summed E-state index contributed by atoms with van der Waals surface area (Å²) in [6, 6.07) is 13.3. The van der Waals surface area contributed by atoms with Gasteiger partial charge in [-0.2, -0.15) is 0 Å². The lowest BCUT2D eigenvalue weighted by molar-refractivity contribution is -0.139. The monoisotopic (exact) mass is 382 g/mol. The highest BCUT2D eigenvalue weighted by molar-refractivity contribution is 5.80. The molecular weight excluding hydrogens is 356 g/mol. The quantitative estimate of drug-likeness (QED) is 0.494. The number of alkyl carbamates (subject to hydrolysis) is 1. The molecule has 6 nitrogen and oxygen atoms in total. The van der Waals surface area contributed by atoms with Gasteiger partial charge in [0.15, 0.2) is 0 Å². The summed E-state index contributed by atoms with van der Waals surface area (Å²) in [5.41, 5.74) is 5.77. The van der Waals surface area contributed by atoms with E-state index in [1.807, 2.05) is 31.3 Å². The van der Waals surface area contributed by atoms with E-state index in [9.17, 15) is 14.7 Å². The van der Waals surface area contributed by atoms with E-state index in [-0.39, 0.29) is 6.61 Å². The van der Waals surface area contributed by atoms with Crippen molar-refractivity contribution in [2.45, 2.75) is 38.3 Å². The molecule has 3 rings (SSSR count). The second kappa shape index (κ2) is 9.37. The topological polar surface area (TPSA) is 87.7 Å². The fourth-order valence-electron chi connectivity index (χ4n) is 3.59. The number of aliphatic carboxylic acids is 1. The molecule has 0 fully saturated rings. The van der Waals surface area contributed by atoms with Gasteiger partial charge in [-0.1, -0.05) is 42.5 Å². The van der Waals surface area contributed by atoms with Gasteiger partial charge in [0.25, 0.3) is 0 Å². The van der Waals surface area contributed by atoms with Gasteiger partial charge in [0.05, 0.1) is 0 Å². The first kappa shape index (κ1) is 19.9. The normalized spacial score (nSPS) is 12.8. The van der Waals surface area contributed by atoms with E-state index in [2.05, 4.69) is 28.8 Å². The number of rotatable bonds is 9. The van der Waals surface area contributed by atoms with Gasteiger partial charge in [0.1, 0.15) is 12.6 Å². The minimum atomic E-state index is -1.04. The molecule has 1 aliphatic rings. The van der Waals surface area contributed by atoms with Crippen molar-refractivity contribution in [2.24, 2.45) is 0 Å². The van der Waals surface area contributed by atoms with Crippen LogP contribution in [-0.4, -0.2) is 36.8 Å². The van der Waals surface area contributed by atoms with Crippen LogP contribution in [0, 0.1) is 0 Å². The lowest BCUT2D eigenvalue weighted by Crippen LogP contribution is -2.41. The average molecular weight is 382 g/mol. The predicted octanol–water partition coefficient (Wildman–Crippen LogP) is 3.33. The van der Waals surface area contributed by atoms with Crippen molar-refractivity contribution in [1.29, 1.82) is 0 Å². The van der Waals surface area contributed by atoms with Crippen molar-refractivity contribution in [3.05, 3.63) is 59.2 Å². The maximum atomic E-state index is 12.1. The summed E-state index contributed by atoms with van der Waals surface area (Å²) in [4.78, 5) is 23.5. The second-order valence-electron chi connectivity index (χ2n) is 6.99. The molecular formula is C22H26N2O4. The number of hydrogen-bond donors (Lipinski definition) is 3. The molecule has 148 valence electrons. The predicted molar refractivity (Wildman–Crippen MR) is 107 cm³/mol. The van der Waals surface area contributed by atoms with Crippen LogP contribution in [0.25, 0.3) is 11.1 Å². The van der Waals surface area contributed by atoms with Gasteiger partial charge in [-0.25, -0.2) is 9.59 Å². The summed E-state index contributed by atoms with van der Waals surface area (Å²) in [6.07, 6.45) is 2.06. The molecule has 0 aliphatic heterocycles. The summed E-state index contributed by atoms with van der Waals surface area (Å²) in [7, 11) is 1.85. The number of benzene rings is 2. The number of amides is 1. The van der Waals surface area contributed by atoms with Crippen molar-refractivity contribution in [3.8, 4) is 11.1 Å². The van der Waals surface area contributed by atoms with E-state index in [0.29, 0.717) is 12.8 Å². The maximum absolute atomic E-state index is 12.1. The molecule has 0 unspecified atom stereocenters. The Balaban J connectivity index is 1.57. The summed E-state index contributed by atoms with van der Waals surface area (Å²) in [6.45, 7) is 0.938. The smallest absolute Gasteiger partial charge is 0.408 e. The third-order valence-corrected chi connectivity index (χ3v) is 5.07. The van der Waals surface area contributed by atoms with Gasteiger partial charge in [-0.05, 0) is 67.1 Å². The zero-order valence-corrected chi connectivity index (χ0v) is 16.0. The molecule has 0 spiro atoms. The van der Waals surface area contributed by atoms with Crippen LogP contribution in [0.5, 0.6) is 0 Å². The minimum absolute atomic E-state index is 0.120. The number of carbonyl (C=O) groups is 2. The van der Waals surface area contributed by atoms with Gasteiger partial charge in [-0.3, -0.25) is 0 Å². The molecule has 0 saturated heterocycles. The third kappa shape index (κ3) is 4.70. The van der Waals surface area contributed by atoms with Crippen LogP contribution in [0.2, 0.25) is 0 Å². The fraction of sp³-hybridized carbons (Fsp3) is 0.364. The molecule has 0 heterocycles. The molecule has 28 heavy (non-hydrogen) atoms. The minimum Gasteiger partial charge on any atom is -0.480 e. The van der Waals surface area contributed by atoms with Gasteiger partial charge in [-0.15, -0.1) is 0 Å². The summed E-state index contributed by atoms with van der Waals surface area (Å²) >= 11 is 0. The summed E-state index contributed by atoms with van der Waals surface area (Å²) in [5, 5.41) is 14.8. The summed E-state index contributed by atoms with van der Waals surface area (Å²) < 4.78 is 5.33. The van der Waals surface area contributed by atoms with E-state index in [1.54, 1.807) is 0 Å². The largest absolute Gasteiger partial charge is 0.480 e. The van der Waals surface area contributed by atoms with Gasteiger partial charge in [0.2, 0.25) is 0 Å². The molecule has 6 heteroatoms. The number of carbonyl (C=O) groups excluding carboxylic acids is 1. The van der Waals surface area contributed by atoms with Crippen LogP contribution in [0.1, 0.15) is 36.0 Å². The fourth-order valence-corrected chi connectivity index (χ4v) is 3.59. The Morgan fingerprint density at radius 2 is 1.89 bits per heavy atom. The SMILES string of the molecule is CNCCCC[C@H](NC(=O)OCc1cccc2c1Cc1ccccc1-2)C(=O)O. The lowest BCUT2D eigenvalue weighted by Gasteiger charge is -2.15. The first-order valence-electron chi connectivity index (χ1n) is 9.60. The number of ether oxygens (including phenoxy) is 1. The highest BCUT2D eigenvalue weighted by atomic mass is 16.5. The third-order valence-electron chi connectivity index (χ3n) is 5.07. The van der Waals surface area contributed by atoms with Crippen LogP contribution < -0.4 is 10.6 Å². The van der Waals surface area contributed by atoms with E-state index < -0.39 is 18.1 Å². The zero-order chi connectivity index (χ0) is 19.9. The molecule has 1 aliphatic carbocycles. The Kier molecular flexibility index (Phi) is 6.66. The van der Waals surface area contributed by atoms with E-state index in [4.69, 9.17) is 4.74 Å². The van der Waals surface area contributed by atoms with Crippen molar-refractivity contribution in [3.63, 3.8) is 0 Å². The Bertz CT molecular complexity index is 850. The summed E-state index contributed by atoms with van der Waals surface area (Å²) in [5.74, 6) is -1.04. The Hall–Kier alpha value is -2.86. The highest BCUT2D eigenvalue weighted by Crippen LogP contribution is 2.38. The number of unbranched alkanes of at least 4 members (excludes halogenated alkanes) is 1. The molecule has 3 N–H and O–H groups in total. The molecule has 2 aromatic carbocycles. The Labute approximate surface area is 164 Å². The van der Waals surface area contributed by atoms with Crippen molar-refractivity contribution >= 4 is 12.1 Å². The number of carboxylic acid groups (broad SMARTS) is 1. The Morgan fingerprint density at radius 1 is 1.11 bits per heavy atom. The van der Waals surface area contributed by atoms with Crippen molar-refractivity contribution in [2.75, 3.05) is 13.6 Å². The van der Waals surface area contributed by atoms with E-state index >= 15 is 0 Å². The first-order chi connectivity index (χ1) is 13.6. The molecule has 1 atom stereocenters. The Morgan fingerprint density at radius 3 is 2.68 bits per heavy atom. The highest BCUT2D eigenvalue weighted by Gasteiger charge is 2.22. The molecule has 0 aromatic heterocycles. The maximum Gasteiger partial charge on any atom is 0.408 e.